The van der Waals surface area contributed by atoms with Gasteiger partial charge in [-0.15, -0.1) is 5.10 Å². The first-order chi connectivity index (χ1) is 15.0. The number of amides is 2. The average molecular weight is 419 g/mol. The zero-order chi connectivity index (χ0) is 21.5. The second-order valence-corrected chi connectivity index (χ2v) is 8.33. The van der Waals surface area contributed by atoms with Crippen LogP contribution >= 0.6 is 0 Å². The van der Waals surface area contributed by atoms with E-state index in [4.69, 9.17) is 0 Å². The molecule has 1 fully saturated rings. The van der Waals surface area contributed by atoms with Crippen LogP contribution in [0.2, 0.25) is 0 Å². The van der Waals surface area contributed by atoms with E-state index in [1.807, 2.05) is 41.9 Å². The molecule has 31 heavy (non-hydrogen) atoms. The molecule has 3 aromatic rings. The van der Waals surface area contributed by atoms with Crippen LogP contribution in [0.3, 0.4) is 0 Å². The number of aromatic nitrogens is 5. The van der Waals surface area contributed by atoms with Gasteiger partial charge < -0.3 is 5.32 Å². The van der Waals surface area contributed by atoms with Crippen molar-refractivity contribution in [3.05, 3.63) is 59.3 Å². The maximum atomic E-state index is 13.0. The first-order valence-electron chi connectivity index (χ1n) is 10.6. The van der Waals surface area contributed by atoms with Crippen molar-refractivity contribution in [2.45, 2.75) is 51.2 Å². The van der Waals surface area contributed by atoms with Crippen molar-refractivity contribution in [2.24, 2.45) is 0 Å². The number of carbonyl (C=O) groups excluding carboxylic acids is 2. The molecule has 2 aromatic heterocycles. The van der Waals surface area contributed by atoms with E-state index in [-0.39, 0.29) is 11.7 Å². The number of aryl methyl sites for hydroxylation is 2. The fourth-order valence-electron chi connectivity index (χ4n) is 3.95. The normalized spacial score (nSPS) is 18.6. The maximum Gasteiger partial charge on any atom is 0.291 e. The predicted molar refractivity (Wildman–Crippen MR) is 114 cm³/mol. The lowest BCUT2D eigenvalue weighted by molar-refractivity contribution is -0.120. The summed E-state index contributed by atoms with van der Waals surface area (Å²) in [5.74, 6) is 0.757. The summed E-state index contributed by atoms with van der Waals surface area (Å²) in [7, 11) is 1.73. The monoisotopic (exact) mass is 419 g/mol. The van der Waals surface area contributed by atoms with E-state index in [2.05, 4.69) is 20.5 Å². The number of benzene rings is 1. The zero-order valence-corrected chi connectivity index (χ0v) is 17.7. The summed E-state index contributed by atoms with van der Waals surface area (Å²) in [4.78, 5) is 31.4. The SMILES string of the molecule is Cc1ccccc1Cn1cnc(C(=O)N[C@H]2CCn3nc(C4CC4)cc3N(C)C2=O)n1. The van der Waals surface area contributed by atoms with Gasteiger partial charge in [0.05, 0.1) is 12.2 Å². The molecule has 0 spiro atoms. The lowest BCUT2D eigenvalue weighted by Gasteiger charge is -2.19. The molecule has 9 heteroatoms. The summed E-state index contributed by atoms with van der Waals surface area (Å²) in [6.45, 7) is 3.13. The highest BCUT2D eigenvalue weighted by atomic mass is 16.2. The Morgan fingerprint density at radius 2 is 2.00 bits per heavy atom. The van der Waals surface area contributed by atoms with Crippen molar-refractivity contribution >= 4 is 17.6 Å². The molecule has 1 saturated carbocycles. The smallest absolute Gasteiger partial charge is 0.291 e. The van der Waals surface area contributed by atoms with Gasteiger partial charge in [-0.3, -0.25) is 14.5 Å². The van der Waals surface area contributed by atoms with Crippen LogP contribution in [0.1, 0.15) is 52.6 Å². The van der Waals surface area contributed by atoms with Crippen molar-refractivity contribution in [3.63, 3.8) is 0 Å². The van der Waals surface area contributed by atoms with Crippen LogP contribution in [0.4, 0.5) is 5.82 Å². The Kier molecular flexibility index (Phi) is 4.80. The molecular formula is C22H25N7O2. The number of nitrogens with one attached hydrogen (secondary N) is 1. The van der Waals surface area contributed by atoms with Crippen LogP contribution in [-0.2, 0) is 17.9 Å². The number of rotatable bonds is 5. The Balaban J connectivity index is 1.26. The summed E-state index contributed by atoms with van der Waals surface area (Å²) in [5.41, 5.74) is 3.32. The molecule has 0 radical (unpaired) electrons. The fourth-order valence-corrected chi connectivity index (χ4v) is 3.95. The Bertz CT molecular complexity index is 1140. The highest BCUT2D eigenvalue weighted by molar-refractivity contribution is 6.00. The topological polar surface area (TPSA) is 97.9 Å². The molecule has 2 amide bonds. The number of anilines is 1. The van der Waals surface area contributed by atoms with Crippen molar-refractivity contribution in [3.8, 4) is 0 Å². The van der Waals surface area contributed by atoms with Crippen LogP contribution in [0.15, 0.2) is 36.7 Å². The molecule has 3 heterocycles. The standard InChI is InChI=1S/C22H25N7O2/c1-14-5-3-4-6-16(14)12-28-13-23-20(26-28)21(30)24-17-9-10-29-19(27(2)22(17)31)11-18(25-29)15-7-8-15/h3-6,11,13,15,17H,7-10,12H2,1-2H3,(H,24,30)/t17-/m0/s1. The summed E-state index contributed by atoms with van der Waals surface area (Å²) in [6, 6.07) is 9.36. The molecule has 1 atom stereocenters. The number of hydrogen-bond acceptors (Lipinski definition) is 5. The minimum atomic E-state index is -0.646. The first-order valence-corrected chi connectivity index (χ1v) is 10.6. The van der Waals surface area contributed by atoms with Gasteiger partial charge in [-0.05, 0) is 37.3 Å². The third-order valence-electron chi connectivity index (χ3n) is 6.01. The van der Waals surface area contributed by atoms with Gasteiger partial charge in [0.1, 0.15) is 18.2 Å². The Morgan fingerprint density at radius 3 is 2.77 bits per heavy atom. The third kappa shape index (κ3) is 3.83. The van der Waals surface area contributed by atoms with Gasteiger partial charge in [-0.2, -0.15) is 5.10 Å². The van der Waals surface area contributed by atoms with E-state index in [0.29, 0.717) is 25.4 Å². The second-order valence-electron chi connectivity index (χ2n) is 8.33. The molecule has 9 nitrogen and oxygen atoms in total. The van der Waals surface area contributed by atoms with Gasteiger partial charge in [0.2, 0.25) is 5.82 Å². The minimum absolute atomic E-state index is 0.0574. The van der Waals surface area contributed by atoms with E-state index >= 15 is 0 Å². The predicted octanol–water partition coefficient (Wildman–Crippen LogP) is 1.87. The molecule has 1 aromatic carbocycles. The number of carbonyl (C=O) groups is 2. The van der Waals surface area contributed by atoms with Gasteiger partial charge >= 0.3 is 0 Å². The quantitative estimate of drug-likeness (QED) is 0.681. The summed E-state index contributed by atoms with van der Waals surface area (Å²) >= 11 is 0. The Labute approximate surface area is 180 Å². The first kappa shape index (κ1) is 19.5. The largest absolute Gasteiger partial charge is 0.337 e. The molecule has 1 aliphatic heterocycles. The van der Waals surface area contributed by atoms with E-state index in [9.17, 15) is 9.59 Å². The number of nitrogens with zero attached hydrogens (tertiary/aromatic N) is 6. The third-order valence-corrected chi connectivity index (χ3v) is 6.01. The molecule has 1 aliphatic carbocycles. The molecule has 1 N–H and O–H groups in total. The van der Waals surface area contributed by atoms with Crippen LogP contribution in [-0.4, -0.2) is 49.4 Å². The van der Waals surface area contributed by atoms with Crippen LogP contribution in [0.5, 0.6) is 0 Å². The molecule has 160 valence electrons. The van der Waals surface area contributed by atoms with E-state index in [1.165, 1.54) is 6.33 Å². The average Bonchev–Trinajstić information content (AvgIpc) is 3.38. The molecular weight excluding hydrogens is 394 g/mol. The lowest BCUT2D eigenvalue weighted by atomic mass is 10.1. The molecule has 0 unspecified atom stereocenters. The van der Waals surface area contributed by atoms with Crippen molar-refractivity contribution in [1.29, 1.82) is 0 Å². The highest BCUT2D eigenvalue weighted by Crippen LogP contribution is 2.40. The highest BCUT2D eigenvalue weighted by Gasteiger charge is 2.34. The molecule has 0 bridgehead atoms. The maximum absolute atomic E-state index is 13.0. The van der Waals surface area contributed by atoms with Crippen LogP contribution in [0, 0.1) is 6.92 Å². The van der Waals surface area contributed by atoms with Gasteiger partial charge in [0.15, 0.2) is 0 Å². The number of likely N-dealkylation sites (N-methyl/N-ethyl adjacent to an activating group) is 1. The van der Waals surface area contributed by atoms with E-state index in [1.54, 1.807) is 16.6 Å². The Morgan fingerprint density at radius 1 is 1.19 bits per heavy atom. The lowest BCUT2D eigenvalue weighted by Crippen LogP contribution is -2.47. The number of fused-ring (bicyclic) bond motifs is 1. The molecule has 2 aliphatic rings. The van der Waals surface area contributed by atoms with Crippen molar-refractivity contribution < 1.29 is 9.59 Å². The second kappa shape index (κ2) is 7.64. The minimum Gasteiger partial charge on any atom is -0.337 e. The van der Waals surface area contributed by atoms with Gasteiger partial charge in [0.25, 0.3) is 11.8 Å². The van der Waals surface area contributed by atoms with Crippen LogP contribution < -0.4 is 10.2 Å². The summed E-state index contributed by atoms with van der Waals surface area (Å²) < 4.78 is 3.50. The molecule has 5 rings (SSSR count). The van der Waals surface area contributed by atoms with Crippen LogP contribution in [0.25, 0.3) is 0 Å². The van der Waals surface area contributed by atoms with Gasteiger partial charge in [-0.25, -0.2) is 14.3 Å². The van der Waals surface area contributed by atoms with Crippen molar-refractivity contribution in [2.75, 3.05) is 11.9 Å². The zero-order valence-electron chi connectivity index (χ0n) is 17.7. The molecule has 0 saturated heterocycles. The fraction of sp³-hybridized carbons (Fsp3) is 0.409. The van der Waals surface area contributed by atoms with E-state index < -0.39 is 11.9 Å². The number of hydrogen-bond donors (Lipinski definition) is 1. The van der Waals surface area contributed by atoms with E-state index in [0.717, 1.165) is 35.5 Å². The Hall–Kier alpha value is -3.49. The summed E-state index contributed by atoms with van der Waals surface area (Å²) in [5, 5.41) is 11.8. The van der Waals surface area contributed by atoms with Crippen molar-refractivity contribution in [1.82, 2.24) is 29.9 Å². The summed E-state index contributed by atoms with van der Waals surface area (Å²) in [6.07, 6.45) is 4.33. The van der Waals surface area contributed by atoms with Gasteiger partial charge in [0, 0.05) is 25.6 Å². The van der Waals surface area contributed by atoms with Gasteiger partial charge in [-0.1, -0.05) is 24.3 Å².